The molecule has 9 heteroatoms. The first kappa shape index (κ1) is 23.6. The van der Waals surface area contributed by atoms with Crippen LogP contribution in [0.1, 0.15) is 42.6 Å². The van der Waals surface area contributed by atoms with Gasteiger partial charge in [-0.25, -0.2) is 4.79 Å². The Kier molecular flexibility index (Phi) is 7.43. The van der Waals surface area contributed by atoms with E-state index in [1.165, 1.54) is 7.11 Å². The zero-order valence-electron chi connectivity index (χ0n) is 17.9. The fourth-order valence-electron chi connectivity index (χ4n) is 2.96. The molecule has 0 aliphatic heterocycles. The maximum absolute atomic E-state index is 12.7. The second-order valence-corrected chi connectivity index (χ2v) is 8.11. The molecule has 0 saturated heterocycles. The Hall–Kier alpha value is -3.03. The molecular weight excluding hydrogens is 455 g/mol. The second-order valence-electron chi connectivity index (χ2n) is 7.30. The summed E-state index contributed by atoms with van der Waals surface area (Å²) in [5, 5.41) is 6.94. The van der Waals surface area contributed by atoms with Crippen molar-refractivity contribution in [3.8, 4) is 17.0 Å². The zero-order chi connectivity index (χ0) is 23.4. The minimum absolute atomic E-state index is 0.0561. The standard InChI is InChI=1S/C23H22Cl2N2O5/c1-12(2)14-8-10-15(11-9-14)31-13(3)21(28)26-22-19(23(29)30-4)20(27-32-22)18-16(24)6-5-7-17(18)25/h5-13H,1-4H3,(H,26,28). The van der Waals surface area contributed by atoms with Crippen molar-refractivity contribution >= 4 is 41.0 Å². The topological polar surface area (TPSA) is 90.7 Å². The molecular formula is C23H22Cl2N2O5. The molecule has 1 aromatic heterocycles. The molecule has 1 N–H and O–H groups in total. The molecule has 3 aromatic rings. The predicted octanol–water partition coefficient (Wildman–Crippen LogP) is 5.96. The molecule has 0 radical (unpaired) electrons. The number of aromatic nitrogens is 1. The maximum atomic E-state index is 12.7. The third-order valence-electron chi connectivity index (χ3n) is 4.75. The lowest BCUT2D eigenvalue weighted by Crippen LogP contribution is -2.30. The summed E-state index contributed by atoms with van der Waals surface area (Å²) in [4.78, 5) is 25.2. The number of hydrogen-bond acceptors (Lipinski definition) is 6. The third kappa shape index (κ3) is 5.06. The lowest BCUT2D eigenvalue weighted by molar-refractivity contribution is -0.122. The van der Waals surface area contributed by atoms with Gasteiger partial charge in [0.05, 0.1) is 17.2 Å². The molecule has 1 atom stereocenters. The SMILES string of the molecule is COC(=O)c1c(-c2c(Cl)cccc2Cl)noc1NC(=O)C(C)Oc1ccc(C(C)C)cc1. The van der Waals surface area contributed by atoms with Crippen molar-refractivity contribution in [2.75, 3.05) is 12.4 Å². The number of benzene rings is 2. The number of amides is 1. The first-order valence-electron chi connectivity index (χ1n) is 9.82. The lowest BCUT2D eigenvalue weighted by atomic mass is 10.0. The summed E-state index contributed by atoms with van der Waals surface area (Å²) in [6.07, 6.45) is -0.886. The van der Waals surface area contributed by atoms with Gasteiger partial charge in [-0.1, -0.05) is 60.4 Å². The van der Waals surface area contributed by atoms with Crippen LogP contribution in [0.2, 0.25) is 10.0 Å². The largest absolute Gasteiger partial charge is 0.481 e. The minimum atomic E-state index is -0.886. The minimum Gasteiger partial charge on any atom is -0.481 e. The number of halogens is 2. The van der Waals surface area contributed by atoms with Crippen molar-refractivity contribution in [3.05, 3.63) is 63.6 Å². The van der Waals surface area contributed by atoms with Gasteiger partial charge in [0, 0.05) is 5.56 Å². The number of carbonyl (C=O) groups excluding carboxylic acids is 2. The quantitative estimate of drug-likeness (QED) is 0.422. The second kappa shape index (κ2) is 10.1. The molecule has 1 unspecified atom stereocenters. The highest BCUT2D eigenvalue weighted by Crippen LogP contribution is 2.38. The first-order chi connectivity index (χ1) is 15.2. The highest BCUT2D eigenvalue weighted by molar-refractivity contribution is 6.39. The molecule has 168 valence electrons. The van der Waals surface area contributed by atoms with E-state index in [2.05, 4.69) is 24.3 Å². The van der Waals surface area contributed by atoms with Crippen LogP contribution in [0.5, 0.6) is 5.75 Å². The van der Waals surface area contributed by atoms with Crippen molar-refractivity contribution in [1.82, 2.24) is 5.16 Å². The number of hydrogen-bond donors (Lipinski definition) is 1. The van der Waals surface area contributed by atoms with E-state index in [4.69, 9.17) is 37.2 Å². The number of anilines is 1. The maximum Gasteiger partial charge on any atom is 0.345 e. The van der Waals surface area contributed by atoms with E-state index < -0.39 is 18.0 Å². The number of carbonyl (C=O) groups is 2. The molecule has 0 aliphatic rings. The summed E-state index contributed by atoms with van der Waals surface area (Å²) in [6, 6.07) is 12.3. The molecule has 32 heavy (non-hydrogen) atoms. The summed E-state index contributed by atoms with van der Waals surface area (Å²) in [7, 11) is 1.20. The van der Waals surface area contributed by atoms with Crippen LogP contribution < -0.4 is 10.1 Å². The molecule has 3 rings (SSSR count). The number of ether oxygens (including phenoxy) is 2. The molecule has 0 bridgehead atoms. The van der Waals surface area contributed by atoms with E-state index in [0.717, 1.165) is 5.56 Å². The van der Waals surface area contributed by atoms with Gasteiger partial charge in [0.25, 0.3) is 5.91 Å². The summed E-state index contributed by atoms with van der Waals surface area (Å²) < 4.78 is 15.8. The van der Waals surface area contributed by atoms with Crippen LogP contribution in [0.15, 0.2) is 47.0 Å². The van der Waals surface area contributed by atoms with Crippen molar-refractivity contribution < 1.29 is 23.6 Å². The van der Waals surface area contributed by atoms with Gasteiger partial charge in [-0.3, -0.25) is 10.1 Å². The van der Waals surface area contributed by atoms with Gasteiger partial charge in [0.1, 0.15) is 11.4 Å². The highest BCUT2D eigenvalue weighted by Gasteiger charge is 2.29. The Labute approximate surface area is 195 Å². The van der Waals surface area contributed by atoms with Gasteiger partial charge in [0.15, 0.2) is 11.7 Å². The van der Waals surface area contributed by atoms with Crippen LogP contribution in [-0.4, -0.2) is 30.2 Å². The number of methoxy groups -OCH3 is 1. The van der Waals surface area contributed by atoms with Gasteiger partial charge >= 0.3 is 5.97 Å². The summed E-state index contributed by atoms with van der Waals surface area (Å²) >= 11 is 12.5. The van der Waals surface area contributed by atoms with Gasteiger partial charge < -0.3 is 14.0 Å². The Morgan fingerprint density at radius 2 is 1.66 bits per heavy atom. The van der Waals surface area contributed by atoms with Crippen LogP contribution in [0.25, 0.3) is 11.3 Å². The fourth-order valence-corrected chi connectivity index (χ4v) is 3.54. The summed E-state index contributed by atoms with van der Waals surface area (Å²) in [5.74, 6) is -0.597. The molecule has 0 fully saturated rings. The molecule has 0 spiro atoms. The van der Waals surface area contributed by atoms with E-state index in [9.17, 15) is 9.59 Å². The fraction of sp³-hybridized carbons (Fsp3) is 0.261. The predicted molar refractivity (Wildman–Crippen MR) is 123 cm³/mol. The van der Waals surface area contributed by atoms with E-state index in [1.54, 1.807) is 37.3 Å². The van der Waals surface area contributed by atoms with Crippen molar-refractivity contribution in [1.29, 1.82) is 0 Å². The van der Waals surface area contributed by atoms with Crippen LogP contribution in [0.4, 0.5) is 5.88 Å². The highest BCUT2D eigenvalue weighted by atomic mass is 35.5. The number of nitrogens with zero attached hydrogens (tertiary/aromatic N) is 1. The van der Waals surface area contributed by atoms with Gasteiger partial charge in [0.2, 0.25) is 5.88 Å². The average Bonchev–Trinajstić information content (AvgIpc) is 3.16. The van der Waals surface area contributed by atoms with Gasteiger partial charge in [-0.2, -0.15) is 0 Å². The van der Waals surface area contributed by atoms with Crippen molar-refractivity contribution in [3.63, 3.8) is 0 Å². The number of rotatable bonds is 7. The molecule has 1 heterocycles. The van der Waals surface area contributed by atoms with Gasteiger partial charge in [-0.15, -0.1) is 0 Å². The van der Waals surface area contributed by atoms with Gasteiger partial charge in [-0.05, 0) is 42.7 Å². The Morgan fingerprint density at radius 1 is 1.03 bits per heavy atom. The van der Waals surface area contributed by atoms with E-state index in [0.29, 0.717) is 11.7 Å². The van der Waals surface area contributed by atoms with Crippen LogP contribution in [0, 0.1) is 0 Å². The summed E-state index contributed by atoms with van der Waals surface area (Å²) in [6.45, 7) is 5.75. The molecule has 1 amide bonds. The monoisotopic (exact) mass is 476 g/mol. The molecule has 0 saturated carbocycles. The smallest absolute Gasteiger partial charge is 0.345 e. The van der Waals surface area contributed by atoms with E-state index >= 15 is 0 Å². The van der Waals surface area contributed by atoms with Crippen LogP contribution >= 0.6 is 23.2 Å². The zero-order valence-corrected chi connectivity index (χ0v) is 19.5. The third-order valence-corrected chi connectivity index (χ3v) is 5.38. The molecule has 7 nitrogen and oxygen atoms in total. The Morgan fingerprint density at radius 3 is 2.22 bits per heavy atom. The normalized spacial score (nSPS) is 11.8. The van der Waals surface area contributed by atoms with E-state index in [1.807, 2.05) is 12.1 Å². The van der Waals surface area contributed by atoms with Crippen LogP contribution in [-0.2, 0) is 9.53 Å². The Balaban J connectivity index is 1.84. The molecule has 2 aromatic carbocycles. The Bertz CT molecular complexity index is 1110. The number of esters is 1. The molecule has 0 aliphatic carbocycles. The summed E-state index contributed by atoms with van der Waals surface area (Å²) in [5.41, 5.74) is 1.39. The van der Waals surface area contributed by atoms with Crippen molar-refractivity contribution in [2.24, 2.45) is 0 Å². The first-order valence-corrected chi connectivity index (χ1v) is 10.6. The van der Waals surface area contributed by atoms with Crippen LogP contribution in [0.3, 0.4) is 0 Å². The van der Waals surface area contributed by atoms with E-state index in [-0.39, 0.29) is 32.8 Å². The average molecular weight is 477 g/mol. The van der Waals surface area contributed by atoms with Crippen molar-refractivity contribution in [2.45, 2.75) is 32.8 Å². The number of nitrogens with one attached hydrogen (secondary N) is 1. The lowest BCUT2D eigenvalue weighted by Gasteiger charge is -2.15.